The van der Waals surface area contributed by atoms with Gasteiger partial charge >= 0.3 is 0 Å². The van der Waals surface area contributed by atoms with E-state index in [0.29, 0.717) is 25.7 Å². The number of likely N-dealkylation sites (N-methyl/N-ethyl adjacent to an activating group) is 1. The fourth-order valence-corrected chi connectivity index (χ4v) is 2.73. The summed E-state index contributed by atoms with van der Waals surface area (Å²) < 4.78 is 10.9. The zero-order chi connectivity index (χ0) is 22.5. The molecule has 0 fully saturated rings. The lowest BCUT2D eigenvalue weighted by atomic mass is 10.1. The third-order valence-electron chi connectivity index (χ3n) is 4.56. The minimum atomic E-state index is -0.0141. The molecule has 0 saturated heterocycles. The molecule has 7 heteroatoms. The average Bonchev–Trinajstić information content (AvgIpc) is 2.79. The van der Waals surface area contributed by atoms with E-state index in [2.05, 4.69) is 34.7 Å². The van der Waals surface area contributed by atoms with Gasteiger partial charge in [-0.25, -0.2) is 4.99 Å². The van der Waals surface area contributed by atoms with Gasteiger partial charge in [0, 0.05) is 20.6 Å². The van der Waals surface area contributed by atoms with E-state index in [1.54, 1.807) is 26.1 Å². The first-order valence-corrected chi connectivity index (χ1v) is 10.6. The summed E-state index contributed by atoms with van der Waals surface area (Å²) in [6.45, 7) is 4.17. The van der Waals surface area contributed by atoms with E-state index in [4.69, 9.17) is 9.47 Å². The number of methoxy groups -OCH3 is 1. The minimum absolute atomic E-state index is 0.0141. The van der Waals surface area contributed by atoms with Crippen LogP contribution in [0, 0.1) is 0 Å². The third kappa shape index (κ3) is 8.99. The van der Waals surface area contributed by atoms with Crippen LogP contribution in [-0.2, 0) is 17.8 Å². The summed E-state index contributed by atoms with van der Waals surface area (Å²) in [4.78, 5) is 18.1. The van der Waals surface area contributed by atoms with Gasteiger partial charge in [-0.15, -0.1) is 0 Å². The number of benzene rings is 2. The van der Waals surface area contributed by atoms with Gasteiger partial charge in [0.1, 0.15) is 11.5 Å². The zero-order valence-corrected chi connectivity index (χ0v) is 19.0. The minimum Gasteiger partial charge on any atom is -0.497 e. The highest BCUT2D eigenvalue weighted by atomic mass is 16.5. The van der Waals surface area contributed by atoms with Crippen molar-refractivity contribution >= 4 is 11.9 Å². The average molecular weight is 427 g/mol. The topological polar surface area (TPSA) is 75.2 Å². The van der Waals surface area contributed by atoms with Crippen molar-refractivity contribution < 1.29 is 14.3 Å². The number of carbonyl (C=O) groups is 1. The number of amides is 1. The fourth-order valence-electron chi connectivity index (χ4n) is 2.73. The van der Waals surface area contributed by atoms with E-state index >= 15 is 0 Å². The van der Waals surface area contributed by atoms with Gasteiger partial charge in [-0.3, -0.25) is 4.79 Å². The quantitative estimate of drug-likeness (QED) is 0.427. The molecule has 0 unspecified atom stereocenters. The molecule has 0 heterocycles. The van der Waals surface area contributed by atoms with E-state index in [0.717, 1.165) is 29.9 Å². The molecule has 1 amide bonds. The van der Waals surface area contributed by atoms with Crippen LogP contribution in [0.5, 0.6) is 11.5 Å². The Bertz CT molecular complexity index is 835. The lowest BCUT2D eigenvalue weighted by Gasteiger charge is -2.15. The Morgan fingerprint density at radius 2 is 1.81 bits per heavy atom. The summed E-state index contributed by atoms with van der Waals surface area (Å²) in [7, 11) is 5.12. The Morgan fingerprint density at radius 1 is 1.03 bits per heavy atom. The Kier molecular flexibility index (Phi) is 10.2. The first-order valence-electron chi connectivity index (χ1n) is 10.6. The van der Waals surface area contributed by atoms with Crippen LogP contribution in [0.1, 0.15) is 24.5 Å². The van der Waals surface area contributed by atoms with Crippen LogP contribution in [0.25, 0.3) is 0 Å². The van der Waals surface area contributed by atoms with Crippen molar-refractivity contribution in [2.24, 2.45) is 4.99 Å². The number of rotatable bonds is 11. The van der Waals surface area contributed by atoms with E-state index < -0.39 is 0 Å². The summed E-state index contributed by atoms with van der Waals surface area (Å²) in [6, 6.07) is 15.9. The standard InChI is InChI=1S/C24H34N4O3/c1-5-15-31-22-8-6-7-19(16-22)13-14-25-24(27-18-23(29)28(2)3)26-17-20-9-11-21(30-4)12-10-20/h6-12,16H,5,13-15,17-18H2,1-4H3,(H2,25,26,27). The molecular weight excluding hydrogens is 392 g/mol. The van der Waals surface area contributed by atoms with E-state index in [9.17, 15) is 4.79 Å². The monoisotopic (exact) mass is 426 g/mol. The van der Waals surface area contributed by atoms with Gasteiger partial charge in [-0.2, -0.15) is 0 Å². The molecule has 0 bridgehead atoms. The second-order valence-electron chi connectivity index (χ2n) is 7.33. The van der Waals surface area contributed by atoms with Gasteiger partial charge in [0.15, 0.2) is 5.96 Å². The predicted molar refractivity (Wildman–Crippen MR) is 125 cm³/mol. The van der Waals surface area contributed by atoms with Crippen LogP contribution in [0.3, 0.4) is 0 Å². The first-order chi connectivity index (χ1) is 15.0. The number of nitrogens with one attached hydrogen (secondary N) is 2. The maximum absolute atomic E-state index is 12.0. The molecule has 0 radical (unpaired) electrons. The number of hydrogen-bond donors (Lipinski definition) is 2. The van der Waals surface area contributed by atoms with Crippen molar-refractivity contribution in [1.82, 2.24) is 15.5 Å². The maximum atomic E-state index is 12.0. The largest absolute Gasteiger partial charge is 0.497 e. The maximum Gasteiger partial charge on any atom is 0.241 e. The molecule has 0 spiro atoms. The highest BCUT2D eigenvalue weighted by Crippen LogP contribution is 2.14. The Labute approximate surface area is 185 Å². The number of ether oxygens (including phenoxy) is 2. The zero-order valence-electron chi connectivity index (χ0n) is 19.0. The highest BCUT2D eigenvalue weighted by molar-refractivity contribution is 5.86. The van der Waals surface area contributed by atoms with Crippen molar-refractivity contribution in [3.8, 4) is 11.5 Å². The third-order valence-corrected chi connectivity index (χ3v) is 4.56. The molecule has 2 N–H and O–H groups in total. The number of guanidine groups is 1. The van der Waals surface area contributed by atoms with E-state index in [1.807, 2.05) is 36.4 Å². The molecule has 168 valence electrons. The summed E-state index contributed by atoms with van der Waals surface area (Å²) in [5.41, 5.74) is 2.24. The molecular formula is C24H34N4O3. The first kappa shape index (κ1) is 24.1. The molecule has 2 rings (SSSR count). The molecule has 0 aliphatic rings. The van der Waals surface area contributed by atoms with Gasteiger partial charge in [-0.1, -0.05) is 31.2 Å². The molecule has 31 heavy (non-hydrogen) atoms. The van der Waals surface area contributed by atoms with Crippen LogP contribution in [0.2, 0.25) is 0 Å². The number of aliphatic imine (C=N–C) groups is 1. The molecule has 2 aromatic carbocycles. The van der Waals surface area contributed by atoms with Gasteiger partial charge in [0.25, 0.3) is 0 Å². The van der Waals surface area contributed by atoms with Crippen LogP contribution in [0.4, 0.5) is 0 Å². The van der Waals surface area contributed by atoms with Gasteiger partial charge in [-0.05, 0) is 48.2 Å². The summed E-state index contributed by atoms with van der Waals surface area (Å²) in [5.74, 6) is 2.29. The number of nitrogens with zero attached hydrogens (tertiary/aromatic N) is 2. The molecule has 0 saturated carbocycles. The van der Waals surface area contributed by atoms with Crippen molar-refractivity contribution in [3.63, 3.8) is 0 Å². The van der Waals surface area contributed by atoms with Crippen molar-refractivity contribution in [2.75, 3.05) is 40.9 Å². The molecule has 0 aromatic heterocycles. The van der Waals surface area contributed by atoms with E-state index in [-0.39, 0.29) is 12.5 Å². The second-order valence-corrected chi connectivity index (χ2v) is 7.33. The van der Waals surface area contributed by atoms with Crippen LogP contribution in [0.15, 0.2) is 53.5 Å². The number of hydrogen-bond acceptors (Lipinski definition) is 4. The number of carbonyl (C=O) groups excluding carboxylic acids is 1. The summed E-state index contributed by atoms with van der Waals surface area (Å²) >= 11 is 0. The Balaban J connectivity index is 1.96. The smallest absolute Gasteiger partial charge is 0.241 e. The van der Waals surface area contributed by atoms with E-state index in [1.165, 1.54) is 5.56 Å². The van der Waals surface area contributed by atoms with Crippen molar-refractivity contribution in [1.29, 1.82) is 0 Å². The van der Waals surface area contributed by atoms with Gasteiger partial charge in [0.2, 0.25) is 5.91 Å². The van der Waals surface area contributed by atoms with Crippen LogP contribution >= 0.6 is 0 Å². The van der Waals surface area contributed by atoms with Crippen LogP contribution in [-0.4, -0.2) is 57.7 Å². The molecule has 0 aliphatic heterocycles. The molecule has 0 atom stereocenters. The Morgan fingerprint density at radius 3 is 2.48 bits per heavy atom. The summed E-state index contributed by atoms with van der Waals surface area (Å²) in [6.07, 6.45) is 1.80. The lowest BCUT2D eigenvalue weighted by molar-refractivity contribution is -0.127. The van der Waals surface area contributed by atoms with Crippen LogP contribution < -0.4 is 20.1 Å². The summed E-state index contributed by atoms with van der Waals surface area (Å²) in [5, 5.41) is 6.44. The van der Waals surface area contributed by atoms with Crippen molar-refractivity contribution in [3.05, 3.63) is 59.7 Å². The normalized spacial score (nSPS) is 11.0. The highest BCUT2D eigenvalue weighted by Gasteiger charge is 2.06. The van der Waals surface area contributed by atoms with Gasteiger partial charge in [0.05, 0.1) is 26.8 Å². The lowest BCUT2D eigenvalue weighted by Crippen LogP contribution is -2.43. The van der Waals surface area contributed by atoms with Crippen molar-refractivity contribution in [2.45, 2.75) is 26.3 Å². The SMILES string of the molecule is CCCOc1cccc(CCNC(=NCc2ccc(OC)cc2)NCC(=O)N(C)C)c1. The Hall–Kier alpha value is -3.22. The predicted octanol–water partition coefficient (Wildman–Crippen LogP) is 2.85. The van der Waals surface area contributed by atoms with Gasteiger partial charge < -0.3 is 25.0 Å². The fraction of sp³-hybridized carbons (Fsp3) is 0.417. The second kappa shape index (κ2) is 13.2. The molecule has 0 aliphatic carbocycles. The molecule has 7 nitrogen and oxygen atoms in total. The molecule has 2 aromatic rings.